The third-order valence-electron chi connectivity index (χ3n) is 8.22. The molecule has 0 aliphatic carbocycles. The van der Waals surface area contributed by atoms with E-state index in [-0.39, 0.29) is 60.8 Å². The molecule has 2 aromatic carbocycles. The molecule has 0 aromatic heterocycles. The molecule has 0 spiro atoms. The van der Waals surface area contributed by atoms with E-state index in [0.29, 0.717) is 26.2 Å². The van der Waals surface area contributed by atoms with E-state index in [0.717, 1.165) is 26.4 Å². The van der Waals surface area contributed by atoms with Crippen LogP contribution in [0.5, 0.6) is 23.0 Å². The second kappa shape index (κ2) is 13.7. The SMILES string of the molecule is COC(=O)C(CN1CCN(CC(C(=O)OC)C(O)c2cc3c(cc2[N+](=O)[O-])OCO3)CC1)C(O)c1cc2c(cc1[N+](=O)[O-])OCO2. The Morgan fingerprint density at radius 2 is 1.04 bits per heavy atom. The molecule has 2 N–H and O–H groups in total. The summed E-state index contributed by atoms with van der Waals surface area (Å²) in [6.07, 6.45) is -3.23. The molecule has 0 radical (unpaired) electrons. The molecule has 248 valence electrons. The second-order valence-electron chi connectivity index (χ2n) is 10.8. The van der Waals surface area contributed by atoms with Gasteiger partial charge in [-0.3, -0.25) is 39.6 Å². The highest BCUT2D eigenvalue weighted by Crippen LogP contribution is 2.43. The van der Waals surface area contributed by atoms with Crippen LogP contribution in [0, 0.1) is 32.1 Å². The number of methoxy groups -OCH3 is 2. The van der Waals surface area contributed by atoms with Crippen LogP contribution < -0.4 is 18.9 Å². The summed E-state index contributed by atoms with van der Waals surface area (Å²) >= 11 is 0. The van der Waals surface area contributed by atoms with Crippen molar-refractivity contribution >= 4 is 23.3 Å². The lowest BCUT2D eigenvalue weighted by molar-refractivity contribution is -0.386. The van der Waals surface area contributed by atoms with Crippen LogP contribution in [0.2, 0.25) is 0 Å². The summed E-state index contributed by atoms with van der Waals surface area (Å²) < 4.78 is 30.9. The number of nitrogens with zero attached hydrogens (tertiary/aromatic N) is 4. The number of ether oxygens (including phenoxy) is 6. The quantitative estimate of drug-likeness (QED) is 0.185. The van der Waals surface area contributed by atoms with Gasteiger partial charge in [-0.1, -0.05) is 0 Å². The van der Waals surface area contributed by atoms with Crippen LogP contribution in [0.4, 0.5) is 11.4 Å². The predicted octanol–water partition coefficient (Wildman–Crippen LogP) is 0.923. The Kier molecular flexibility index (Phi) is 9.71. The van der Waals surface area contributed by atoms with Crippen LogP contribution in [-0.2, 0) is 19.1 Å². The van der Waals surface area contributed by atoms with Gasteiger partial charge in [-0.05, 0) is 12.1 Å². The zero-order valence-electron chi connectivity index (χ0n) is 24.9. The van der Waals surface area contributed by atoms with E-state index < -0.39 is 57.2 Å². The van der Waals surface area contributed by atoms with Gasteiger partial charge in [0.15, 0.2) is 23.0 Å². The maximum absolute atomic E-state index is 12.8. The lowest BCUT2D eigenvalue weighted by atomic mass is 9.92. The molecule has 3 aliphatic rings. The number of esters is 2. The highest BCUT2D eigenvalue weighted by atomic mass is 16.7. The Bertz CT molecular complexity index is 1400. The smallest absolute Gasteiger partial charge is 0.312 e. The number of rotatable bonds is 12. The lowest BCUT2D eigenvalue weighted by Gasteiger charge is -2.38. The summed E-state index contributed by atoms with van der Waals surface area (Å²) in [5.74, 6) is -3.26. The molecule has 0 amide bonds. The highest BCUT2D eigenvalue weighted by Gasteiger charge is 2.39. The molecule has 5 rings (SSSR count). The summed E-state index contributed by atoms with van der Waals surface area (Å²) in [7, 11) is 2.30. The van der Waals surface area contributed by atoms with Gasteiger partial charge >= 0.3 is 11.9 Å². The van der Waals surface area contributed by atoms with Crippen molar-refractivity contribution < 1.29 is 58.1 Å². The van der Waals surface area contributed by atoms with Crippen LogP contribution in [-0.4, -0.2) is 109 Å². The molecule has 2 aromatic rings. The molecule has 0 bridgehead atoms. The van der Waals surface area contributed by atoms with Crippen LogP contribution >= 0.6 is 0 Å². The monoisotopic (exact) mass is 648 g/mol. The van der Waals surface area contributed by atoms with Gasteiger partial charge < -0.3 is 38.6 Å². The first-order chi connectivity index (χ1) is 22.0. The fourth-order valence-corrected chi connectivity index (χ4v) is 5.74. The van der Waals surface area contributed by atoms with E-state index in [1.54, 1.807) is 0 Å². The summed E-state index contributed by atoms with van der Waals surface area (Å²) in [6, 6.07) is 4.83. The standard InChI is InChI=1S/C28H32N4O14/c1-41-27(35)17(25(33)15-7-21-23(45-13-43-21)9-19(15)31(37)38)11-29-3-5-30(6-4-29)12-18(28(36)42-2)26(34)16-8-22-24(46-14-44-22)10-20(16)32(39)40/h7-10,17-18,25-26,33-34H,3-6,11-14H2,1-2H3. The molecule has 3 aliphatic heterocycles. The molecule has 46 heavy (non-hydrogen) atoms. The third-order valence-corrected chi connectivity index (χ3v) is 8.22. The number of hydrogen-bond acceptors (Lipinski definition) is 16. The number of carbonyl (C=O) groups is 2. The molecular weight excluding hydrogens is 616 g/mol. The summed E-state index contributed by atoms with van der Waals surface area (Å²) in [6.45, 7) is 1.07. The van der Waals surface area contributed by atoms with Gasteiger partial charge in [-0.2, -0.15) is 0 Å². The van der Waals surface area contributed by atoms with Crippen LogP contribution in [0.3, 0.4) is 0 Å². The van der Waals surface area contributed by atoms with E-state index in [9.17, 15) is 40.0 Å². The predicted molar refractivity (Wildman–Crippen MR) is 152 cm³/mol. The number of aliphatic hydroxyl groups is 2. The van der Waals surface area contributed by atoms with Gasteiger partial charge in [0.25, 0.3) is 11.4 Å². The van der Waals surface area contributed by atoms with Crippen LogP contribution in [0.15, 0.2) is 24.3 Å². The number of piperazine rings is 1. The molecule has 4 atom stereocenters. The minimum atomic E-state index is -1.61. The van der Waals surface area contributed by atoms with Crippen molar-refractivity contribution in [2.75, 3.05) is 67.1 Å². The minimum absolute atomic E-state index is 0.0142. The third kappa shape index (κ3) is 6.59. The molecule has 1 saturated heterocycles. The van der Waals surface area contributed by atoms with E-state index in [2.05, 4.69) is 0 Å². The van der Waals surface area contributed by atoms with Crippen molar-refractivity contribution in [1.29, 1.82) is 0 Å². The second-order valence-corrected chi connectivity index (χ2v) is 10.8. The first-order valence-electron chi connectivity index (χ1n) is 14.1. The summed E-state index contributed by atoms with van der Waals surface area (Å²) in [4.78, 5) is 51.5. The topological polar surface area (TPSA) is 223 Å². The number of hydrogen-bond donors (Lipinski definition) is 2. The first kappa shape index (κ1) is 32.6. The van der Waals surface area contributed by atoms with Gasteiger partial charge in [0.05, 0.1) is 59.2 Å². The number of aliphatic hydroxyl groups excluding tert-OH is 2. The maximum Gasteiger partial charge on any atom is 0.312 e. The van der Waals surface area contributed by atoms with Crippen molar-refractivity contribution in [2.24, 2.45) is 11.8 Å². The Hall–Kier alpha value is -4.78. The Morgan fingerprint density at radius 3 is 1.35 bits per heavy atom. The molecule has 1 fully saturated rings. The molecule has 4 unspecified atom stereocenters. The average molecular weight is 649 g/mol. The summed E-state index contributed by atoms with van der Waals surface area (Å²) in [5, 5.41) is 46.0. The lowest BCUT2D eigenvalue weighted by Crippen LogP contribution is -2.51. The zero-order chi connectivity index (χ0) is 33.1. The number of fused-ring (bicyclic) bond motifs is 2. The number of benzene rings is 2. The maximum atomic E-state index is 12.8. The van der Waals surface area contributed by atoms with Crippen molar-refractivity contribution in [2.45, 2.75) is 12.2 Å². The van der Waals surface area contributed by atoms with Gasteiger partial charge in [-0.15, -0.1) is 0 Å². The van der Waals surface area contributed by atoms with E-state index >= 15 is 0 Å². The van der Waals surface area contributed by atoms with Crippen molar-refractivity contribution in [3.8, 4) is 23.0 Å². The number of nitro groups is 2. The van der Waals surface area contributed by atoms with Gasteiger partial charge in [0.2, 0.25) is 13.6 Å². The largest absolute Gasteiger partial charge is 0.469 e. The molecule has 18 nitrogen and oxygen atoms in total. The van der Waals surface area contributed by atoms with Crippen LogP contribution in [0.25, 0.3) is 0 Å². The van der Waals surface area contributed by atoms with E-state index in [1.807, 2.05) is 9.80 Å². The highest BCUT2D eigenvalue weighted by molar-refractivity contribution is 5.75. The van der Waals surface area contributed by atoms with Gasteiger partial charge in [0, 0.05) is 39.3 Å². The fraction of sp³-hybridized carbons (Fsp3) is 0.500. The fourth-order valence-electron chi connectivity index (χ4n) is 5.74. The van der Waals surface area contributed by atoms with E-state index in [4.69, 9.17) is 28.4 Å². The number of nitro benzene ring substituents is 2. The molecule has 18 heteroatoms. The first-order valence-corrected chi connectivity index (χ1v) is 14.1. The van der Waals surface area contributed by atoms with E-state index in [1.165, 1.54) is 12.1 Å². The average Bonchev–Trinajstić information content (AvgIpc) is 3.73. The van der Waals surface area contributed by atoms with Crippen molar-refractivity contribution in [1.82, 2.24) is 9.80 Å². The zero-order valence-corrected chi connectivity index (χ0v) is 24.9. The van der Waals surface area contributed by atoms with Crippen molar-refractivity contribution in [3.63, 3.8) is 0 Å². The Labute approximate surface area is 261 Å². The normalized spacial score (nSPS) is 18.3. The van der Waals surface area contributed by atoms with Gasteiger partial charge in [0.1, 0.15) is 12.2 Å². The Balaban J connectivity index is 1.28. The Morgan fingerprint density at radius 1 is 0.717 bits per heavy atom. The molecule has 3 heterocycles. The minimum Gasteiger partial charge on any atom is -0.469 e. The molecule has 0 saturated carbocycles. The van der Waals surface area contributed by atoms with Crippen LogP contribution in [0.1, 0.15) is 23.3 Å². The van der Waals surface area contributed by atoms with Gasteiger partial charge in [-0.25, -0.2) is 0 Å². The summed E-state index contributed by atoms with van der Waals surface area (Å²) in [5.41, 5.74) is -1.14. The number of carbonyl (C=O) groups excluding carboxylic acids is 2. The van der Waals surface area contributed by atoms with Crippen molar-refractivity contribution in [3.05, 3.63) is 55.6 Å². The molecular formula is C28H32N4O14.